The van der Waals surface area contributed by atoms with Crippen LogP contribution in [0.15, 0.2) is 47.1 Å². The van der Waals surface area contributed by atoms with Gasteiger partial charge in [0.1, 0.15) is 11.5 Å². The van der Waals surface area contributed by atoms with Crippen LogP contribution >= 0.6 is 0 Å². The molecular weight excluding hydrogens is 358 g/mol. The summed E-state index contributed by atoms with van der Waals surface area (Å²) >= 11 is 0. The fraction of sp³-hybridized carbons (Fsp3) is 0.421. The summed E-state index contributed by atoms with van der Waals surface area (Å²) < 4.78 is 39.0. The molecular formula is C19H24F2N2O4. The molecule has 0 saturated carbocycles. The van der Waals surface area contributed by atoms with Crippen LogP contribution in [-0.4, -0.2) is 50.8 Å². The van der Waals surface area contributed by atoms with Crippen LogP contribution in [0, 0.1) is 0 Å². The van der Waals surface area contributed by atoms with Crippen molar-refractivity contribution in [3.63, 3.8) is 0 Å². The maximum absolute atomic E-state index is 12.2. The maximum atomic E-state index is 12.2. The van der Waals surface area contributed by atoms with Crippen molar-refractivity contribution in [3.8, 4) is 5.75 Å². The lowest BCUT2D eigenvalue weighted by molar-refractivity contribution is -0.122. The molecule has 0 aliphatic heterocycles. The molecule has 1 heterocycles. The molecule has 0 bridgehead atoms. The molecule has 0 radical (unpaired) electrons. The highest BCUT2D eigenvalue weighted by molar-refractivity contribution is 5.78. The number of halogens is 2. The van der Waals surface area contributed by atoms with E-state index in [1.54, 1.807) is 25.5 Å². The van der Waals surface area contributed by atoms with Crippen LogP contribution in [0.3, 0.4) is 0 Å². The number of nitrogens with zero attached hydrogens (tertiary/aromatic N) is 1. The SMILES string of the molecule is COCCN(CC(=O)NCCc1ccc(OC(F)F)cc1)Cc1ccco1. The Morgan fingerprint density at radius 3 is 2.67 bits per heavy atom. The normalized spacial score (nSPS) is 11.1. The Morgan fingerprint density at radius 2 is 2.04 bits per heavy atom. The van der Waals surface area contributed by atoms with E-state index >= 15 is 0 Å². The predicted molar refractivity (Wildman–Crippen MR) is 95.6 cm³/mol. The molecule has 0 saturated heterocycles. The molecule has 0 spiro atoms. The second kappa shape index (κ2) is 11.3. The highest BCUT2D eigenvalue weighted by Gasteiger charge is 2.12. The van der Waals surface area contributed by atoms with E-state index in [1.165, 1.54) is 12.1 Å². The third-order valence-corrected chi connectivity index (χ3v) is 3.82. The Kier molecular flexibility index (Phi) is 8.73. The molecule has 0 aliphatic carbocycles. The Hall–Kier alpha value is -2.45. The molecule has 0 atom stereocenters. The van der Waals surface area contributed by atoms with Gasteiger partial charge in [-0.1, -0.05) is 12.1 Å². The zero-order chi connectivity index (χ0) is 19.5. The average molecular weight is 382 g/mol. The first kappa shape index (κ1) is 20.9. The maximum Gasteiger partial charge on any atom is 0.387 e. The number of ether oxygens (including phenoxy) is 2. The second-order valence-corrected chi connectivity index (χ2v) is 5.91. The highest BCUT2D eigenvalue weighted by Crippen LogP contribution is 2.15. The van der Waals surface area contributed by atoms with Gasteiger partial charge in [0.05, 0.1) is 26.0 Å². The Labute approximate surface area is 157 Å². The molecule has 0 unspecified atom stereocenters. The Morgan fingerprint density at radius 1 is 1.26 bits per heavy atom. The largest absolute Gasteiger partial charge is 0.468 e. The zero-order valence-corrected chi connectivity index (χ0v) is 15.2. The van der Waals surface area contributed by atoms with E-state index in [0.29, 0.717) is 32.7 Å². The van der Waals surface area contributed by atoms with Gasteiger partial charge in [-0.05, 0) is 36.2 Å². The first-order valence-corrected chi connectivity index (χ1v) is 8.61. The number of rotatable bonds is 12. The van der Waals surface area contributed by atoms with Crippen molar-refractivity contribution in [3.05, 3.63) is 54.0 Å². The number of alkyl halides is 2. The van der Waals surface area contributed by atoms with Gasteiger partial charge in [-0.25, -0.2) is 0 Å². The van der Waals surface area contributed by atoms with Crippen molar-refractivity contribution in [1.82, 2.24) is 10.2 Å². The number of nitrogens with one attached hydrogen (secondary N) is 1. The van der Waals surface area contributed by atoms with Crippen LogP contribution in [0.4, 0.5) is 8.78 Å². The summed E-state index contributed by atoms with van der Waals surface area (Å²) in [7, 11) is 1.61. The lowest BCUT2D eigenvalue weighted by Crippen LogP contribution is -2.39. The summed E-state index contributed by atoms with van der Waals surface area (Å²) in [4.78, 5) is 14.1. The number of benzene rings is 1. The fourth-order valence-electron chi connectivity index (χ4n) is 2.50. The van der Waals surface area contributed by atoms with Gasteiger partial charge in [0.2, 0.25) is 5.91 Å². The Bertz CT molecular complexity index is 663. The van der Waals surface area contributed by atoms with E-state index in [9.17, 15) is 13.6 Å². The Balaban J connectivity index is 1.74. The van der Waals surface area contributed by atoms with E-state index < -0.39 is 6.61 Å². The summed E-state index contributed by atoms with van der Waals surface area (Å²) in [6.45, 7) is -0.512. The second-order valence-electron chi connectivity index (χ2n) is 5.91. The van der Waals surface area contributed by atoms with Crippen LogP contribution < -0.4 is 10.1 Å². The van der Waals surface area contributed by atoms with Gasteiger partial charge in [0.25, 0.3) is 0 Å². The first-order chi connectivity index (χ1) is 13.1. The minimum Gasteiger partial charge on any atom is -0.468 e. The number of hydrogen-bond acceptors (Lipinski definition) is 5. The van der Waals surface area contributed by atoms with Gasteiger partial charge in [0, 0.05) is 20.2 Å². The van der Waals surface area contributed by atoms with E-state index in [2.05, 4.69) is 10.1 Å². The van der Waals surface area contributed by atoms with Gasteiger partial charge in [-0.15, -0.1) is 0 Å². The first-order valence-electron chi connectivity index (χ1n) is 8.61. The topological polar surface area (TPSA) is 63.9 Å². The number of hydrogen-bond donors (Lipinski definition) is 1. The van der Waals surface area contributed by atoms with Crippen LogP contribution in [0.2, 0.25) is 0 Å². The molecule has 6 nitrogen and oxygen atoms in total. The van der Waals surface area contributed by atoms with Crippen molar-refractivity contribution in [1.29, 1.82) is 0 Å². The van der Waals surface area contributed by atoms with Gasteiger partial charge in [-0.2, -0.15) is 8.78 Å². The van der Waals surface area contributed by atoms with Crippen molar-refractivity contribution in [2.45, 2.75) is 19.6 Å². The third kappa shape index (κ3) is 8.19. The summed E-state index contributed by atoms with van der Waals surface area (Å²) in [5, 5.41) is 2.86. The molecule has 1 N–H and O–H groups in total. The molecule has 8 heteroatoms. The van der Waals surface area contributed by atoms with E-state index in [4.69, 9.17) is 9.15 Å². The number of methoxy groups -OCH3 is 1. The summed E-state index contributed by atoms with van der Waals surface area (Å²) in [5.41, 5.74) is 0.920. The van der Waals surface area contributed by atoms with Gasteiger partial charge in [0.15, 0.2) is 0 Å². The molecule has 0 aliphatic rings. The number of carbonyl (C=O) groups excluding carboxylic acids is 1. The molecule has 148 valence electrons. The van der Waals surface area contributed by atoms with Crippen molar-refractivity contribution < 1.29 is 27.5 Å². The molecule has 0 fully saturated rings. The minimum atomic E-state index is -2.84. The summed E-state index contributed by atoms with van der Waals surface area (Å²) in [6, 6.07) is 10.0. The molecule has 1 aromatic heterocycles. The zero-order valence-electron chi connectivity index (χ0n) is 15.2. The van der Waals surface area contributed by atoms with Crippen LogP contribution in [0.25, 0.3) is 0 Å². The van der Waals surface area contributed by atoms with Gasteiger partial charge < -0.3 is 19.2 Å². The van der Waals surface area contributed by atoms with E-state index in [-0.39, 0.29) is 18.2 Å². The van der Waals surface area contributed by atoms with E-state index in [1.807, 2.05) is 17.0 Å². The average Bonchev–Trinajstić information content (AvgIpc) is 3.14. The highest BCUT2D eigenvalue weighted by atomic mass is 19.3. The van der Waals surface area contributed by atoms with Crippen LogP contribution in [-0.2, 0) is 22.5 Å². The lowest BCUT2D eigenvalue weighted by atomic mass is 10.1. The standard InChI is InChI=1S/C19H24F2N2O4/c1-25-12-10-23(13-17-3-2-11-26-17)14-18(24)22-9-8-15-4-6-16(7-5-15)27-19(20)21/h2-7,11,19H,8-10,12-14H2,1H3,(H,22,24). The molecule has 1 amide bonds. The minimum absolute atomic E-state index is 0.102. The molecule has 27 heavy (non-hydrogen) atoms. The predicted octanol–water partition coefficient (Wildman–Crippen LogP) is 2.69. The molecule has 2 aromatic rings. The van der Waals surface area contributed by atoms with Crippen LogP contribution in [0.1, 0.15) is 11.3 Å². The summed E-state index contributed by atoms with van der Waals surface area (Å²) in [6.07, 6.45) is 2.19. The van der Waals surface area contributed by atoms with Crippen molar-refractivity contribution in [2.24, 2.45) is 0 Å². The van der Waals surface area contributed by atoms with E-state index in [0.717, 1.165) is 11.3 Å². The third-order valence-electron chi connectivity index (χ3n) is 3.82. The van der Waals surface area contributed by atoms with Crippen molar-refractivity contribution in [2.75, 3.05) is 33.4 Å². The van der Waals surface area contributed by atoms with Crippen LogP contribution in [0.5, 0.6) is 5.75 Å². The summed E-state index contributed by atoms with van der Waals surface area (Å²) in [5.74, 6) is 0.796. The van der Waals surface area contributed by atoms with Gasteiger partial charge in [-0.3, -0.25) is 9.69 Å². The lowest BCUT2D eigenvalue weighted by Gasteiger charge is -2.20. The molecule has 2 rings (SSSR count). The smallest absolute Gasteiger partial charge is 0.387 e. The monoisotopic (exact) mass is 382 g/mol. The quantitative estimate of drug-likeness (QED) is 0.612. The number of amides is 1. The molecule has 1 aromatic carbocycles. The fourth-order valence-corrected chi connectivity index (χ4v) is 2.50. The van der Waals surface area contributed by atoms with Gasteiger partial charge >= 0.3 is 6.61 Å². The number of carbonyl (C=O) groups is 1. The number of furan rings is 1. The van der Waals surface area contributed by atoms with Crippen molar-refractivity contribution >= 4 is 5.91 Å².